The summed E-state index contributed by atoms with van der Waals surface area (Å²) in [6, 6.07) is 10.5. The van der Waals surface area contributed by atoms with Crippen LogP contribution in [0.1, 0.15) is 36.8 Å². The van der Waals surface area contributed by atoms with E-state index in [9.17, 15) is 21.6 Å². The van der Waals surface area contributed by atoms with Crippen LogP contribution in [0.3, 0.4) is 0 Å². The normalized spacial score (nSPS) is 25.3. The Morgan fingerprint density at radius 2 is 1.86 bits per heavy atom. The molecule has 11 heteroatoms. The lowest BCUT2D eigenvalue weighted by molar-refractivity contribution is -0.137. The van der Waals surface area contributed by atoms with Crippen molar-refractivity contribution in [2.45, 2.75) is 53.0 Å². The van der Waals surface area contributed by atoms with Crippen LogP contribution < -0.4 is 14.8 Å². The molecule has 2 N–H and O–H groups in total. The van der Waals surface area contributed by atoms with Gasteiger partial charge in [-0.1, -0.05) is 18.2 Å². The maximum Gasteiger partial charge on any atom is 0.416 e. The number of halogens is 3. The number of fused-ring (bicyclic) bond motifs is 1. The van der Waals surface area contributed by atoms with Gasteiger partial charge in [0.1, 0.15) is 10.6 Å². The average Bonchev–Trinajstić information content (AvgIpc) is 3.42. The molecule has 6 nitrogen and oxygen atoms in total. The molecule has 0 radical (unpaired) electrons. The molecule has 1 aliphatic carbocycles. The monoisotopic (exact) mass is 542 g/mol. The molecule has 4 aliphatic rings. The van der Waals surface area contributed by atoms with Crippen LogP contribution in [0.15, 0.2) is 47.4 Å². The standard InChI is InChI=1S/C25H29F3N2O4S2/c1-33-21-5-3-2-4-19(21)23(8-10-34-11-9-23)15-29-20-7-6-17(25(26,27)28)12-22(20)36(31,32)30-24-13-18(14-24)35-16-24/h2-7,12,18,29-30H,8-11,13-16H2,1H3. The van der Waals surface area contributed by atoms with E-state index in [1.165, 1.54) is 6.07 Å². The Morgan fingerprint density at radius 3 is 2.50 bits per heavy atom. The zero-order chi connectivity index (χ0) is 25.6. The maximum atomic E-state index is 13.6. The number of hydrogen-bond donors (Lipinski definition) is 2. The van der Waals surface area contributed by atoms with E-state index in [1.807, 2.05) is 24.3 Å². The Kier molecular flexibility index (Phi) is 6.72. The Balaban J connectivity index is 1.49. The molecular weight excluding hydrogens is 513 g/mol. The van der Waals surface area contributed by atoms with E-state index in [2.05, 4.69) is 10.0 Å². The summed E-state index contributed by atoms with van der Waals surface area (Å²) in [4.78, 5) is -0.380. The van der Waals surface area contributed by atoms with E-state index in [1.54, 1.807) is 18.9 Å². The summed E-state index contributed by atoms with van der Waals surface area (Å²) < 4.78 is 81.5. The molecule has 2 aromatic carbocycles. The second-order valence-corrected chi connectivity index (χ2v) is 12.8. The number of para-hydroxylation sites is 1. The van der Waals surface area contributed by atoms with Crippen molar-refractivity contribution >= 4 is 27.5 Å². The Hall–Kier alpha value is -1.95. The van der Waals surface area contributed by atoms with Crippen molar-refractivity contribution in [3.05, 3.63) is 53.6 Å². The Labute approximate surface area is 213 Å². The molecule has 36 heavy (non-hydrogen) atoms. The number of nitrogens with one attached hydrogen (secondary N) is 2. The van der Waals surface area contributed by atoms with Gasteiger partial charge in [0.15, 0.2) is 0 Å². The number of alkyl halides is 3. The van der Waals surface area contributed by atoms with Crippen LogP contribution in [-0.2, 0) is 26.4 Å². The van der Waals surface area contributed by atoms with Gasteiger partial charge in [0, 0.05) is 47.3 Å². The number of anilines is 1. The molecule has 3 saturated heterocycles. The van der Waals surface area contributed by atoms with Gasteiger partial charge in [-0.15, -0.1) is 0 Å². The van der Waals surface area contributed by atoms with Crippen LogP contribution in [0.4, 0.5) is 18.9 Å². The zero-order valence-corrected chi connectivity index (χ0v) is 21.5. The summed E-state index contributed by atoms with van der Waals surface area (Å²) in [5.74, 6) is 1.34. The minimum Gasteiger partial charge on any atom is -0.496 e. The van der Waals surface area contributed by atoms with Gasteiger partial charge < -0.3 is 14.8 Å². The molecule has 0 unspecified atom stereocenters. The Morgan fingerprint density at radius 1 is 1.14 bits per heavy atom. The number of ether oxygens (including phenoxy) is 2. The summed E-state index contributed by atoms with van der Waals surface area (Å²) in [7, 11) is -2.61. The number of rotatable bonds is 8. The predicted octanol–water partition coefficient (Wildman–Crippen LogP) is 4.80. The van der Waals surface area contributed by atoms with E-state index in [4.69, 9.17) is 9.47 Å². The van der Waals surface area contributed by atoms with Crippen molar-refractivity contribution in [1.29, 1.82) is 0 Å². The smallest absolute Gasteiger partial charge is 0.416 e. The second-order valence-electron chi connectivity index (χ2n) is 9.88. The lowest BCUT2D eigenvalue weighted by Gasteiger charge is -2.39. The third-order valence-electron chi connectivity index (χ3n) is 7.53. The predicted molar refractivity (Wildman–Crippen MR) is 133 cm³/mol. The molecule has 2 bridgehead atoms. The van der Waals surface area contributed by atoms with Crippen molar-refractivity contribution in [2.75, 3.05) is 37.9 Å². The number of hydrogen-bond acceptors (Lipinski definition) is 6. The number of thioether (sulfide) groups is 1. The van der Waals surface area contributed by atoms with Crippen molar-refractivity contribution in [3.63, 3.8) is 0 Å². The molecule has 2 aromatic rings. The fraction of sp³-hybridized carbons (Fsp3) is 0.520. The summed E-state index contributed by atoms with van der Waals surface area (Å²) in [6.45, 7) is 1.34. The Bertz CT molecular complexity index is 1220. The highest BCUT2D eigenvalue weighted by molar-refractivity contribution is 8.00. The first kappa shape index (κ1) is 25.7. The van der Waals surface area contributed by atoms with Crippen LogP contribution in [-0.4, -0.2) is 51.8 Å². The minimum absolute atomic E-state index is 0.147. The molecule has 0 spiro atoms. The minimum atomic E-state index is -4.66. The lowest BCUT2D eigenvalue weighted by atomic mass is 9.73. The average molecular weight is 543 g/mol. The van der Waals surface area contributed by atoms with Gasteiger partial charge in [-0.05, 0) is 49.9 Å². The van der Waals surface area contributed by atoms with Gasteiger partial charge in [0.25, 0.3) is 0 Å². The summed E-state index contributed by atoms with van der Waals surface area (Å²) in [5.41, 5.74) is -0.902. The molecule has 3 heterocycles. The quantitative estimate of drug-likeness (QED) is 0.499. The molecule has 0 amide bonds. The number of methoxy groups -OCH3 is 1. The molecule has 3 aliphatic heterocycles. The molecule has 6 rings (SSSR count). The highest BCUT2D eigenvalue weighted by Crippen LogP contribution is 2.51. The first-order valence-electron chi connectivity index (χ1n) is 11.9. The lowest BCUT2D eigenvalue weighted by Crippen LogP contribution is -2.54. The molecule has 1 saturated carbocycles. The molecule has 0 atom stereocenters. The third-order valence-corrected chi connectivity index (χ3v) is 10.7. The van der Waals surface area contributed by atoms with Crippen LogP contribution in [0, 0.1) is 0 Å². The highest BCUT2D eigenvalue weighted by Gasteiger charge is 2.53. The largest absolute Gasteiger partial charge is 0.496 e. The van der Waals surface area contributed by atoms with Gasteiger partial charge in [-0.3, -0.25) is 0 Å². The first-order valence-corrected chi connectivity index (χ1v) is 14.4. The fourth-order valence-electron chi connectivity index (χ4n) is 5.50. The van der Waals surface area contributed by atoms with Crippen LogP contribution in [0.5, 0.6) is 5.75 Å². The second kappa shape index (κ2) is 9.41. The maximum absolute atomic E-state index is 13.6. The van der Waals surface area contributed by atoms with Crippen molar-refractivity contribution in [3.8, 4) is 5.75 Å². The van der Waals surface area contributed by atoms with Gasteiger partial charge in [-0.25, -0.2) is 13.1 Å². The topological polar surface area (TPSA) is 76.7 Å². The number of sulfonamides is 1. The third kappa shape index (κ3) is 4.82. The molecule has 196 valence electrons. The van der Waals surface area contributed by atoms with Crippen LogP contribution in [0.2, 0.25) is 0 Å². The van der Waals surface area contributed by atoms with Crippen molar-refractivity contribution < 1.29 is 31.1 Å². The van der Waals surface area contributed by atoms with Crippen LogP contribution >= 0.6 is 11.8 Å². The van der Waals surface area contributed by atoms with E-state index in [0.29, 0.717) is 62.2 Å². The molecular formula is C25H29F3N2O4S2. The zero-order valence-electron chi connectivity index (χ0n) is 19.9. The fourth-order valence-corrected chi connectivity index (χ4v) is 8.95. The first-order chi connectivity index (χ1) is 17.1. The summed E-state index contributed by atoms with van der Waals surface area (Å²) in [5, 5.41) is 3.62. The SMILES string of the molecule is COc1ccccc1C1(CNc2ccc(C(F)(F)F)cc2S(=O)(=O)NC23CSC(C2)C3)CCOCC1. The van der Waals surface area contributed by atoms with Crippen LogP contribution in [0.25, 0.3) is 0 Å². The van der Waals surface area contributed by atoms with Gasteiger partial charge in [-0.2, -0.15) is 24.9 Å². The van der Waals surface area contributed by atoms with Gasteiger partial charge >= 0.3 is 6.18 Å². The van der Waals surface area contributed by atoms with E-state index >= 15 is 0 Å². The van der Waals surface area contributed by atoms with E-state index < -0.39 is 32.7 Å². The molecule has 4 fully saturated rings. The van der Waals surface area contributed by atoms with E-state index in [0.717, 1.165) is 17.7 Å². The van der Waals surface area contributed by atoms with Crippen molar-refractivity contribution in [2.24, 2.45) is 0 Å². The van der Waals surface area contributed by atoms with Gasteiger partial charge in [0.05, 0.1) is 18.4 Å². The highest BCUT2D eigenvalue weighted by atomic mass is 32.2. The number of benzene rings is 2. The summed E-state index contributed by atoms with van der Waals surface area (Å²) in [6.07, 6.45) is -1.94. The van der Waals surface area contributed by atoms with Gasteiger partial charge in [0.2, 0.25) is 10.0 Å². The van der Waals surface area contributed by atoms with E-state index in [-0.39, 0.29) is 10.6 Å². The van der Waals surface area contributed by atoms with Crippen molar-refractivity contribution in [1.82, 2.24) is 4.72 Å². The molecule has 0 aromatic heterocycles. The summed E-state index contributed by atoms with van der Waals surface area (Å²) >= 11 is 1.70.